The molecule has 0 aliphatic carbocycles. The molecule has 2 atom stereocenters. The molecule has 2 unspecified atom stereocenters. The van der Waals surface area contributed by atoms with E-state index < -0.39 is 12.1 Å². The predicted octanol–water partition coefficient (Wildman–Crippen LogP) is 2.70. The van der Waals surface area contributed by atoms with Crippen LogP contribution in [-0.4, -0.2) is 30.3 Å². The van der Waals surface area contributed by atoms with E-state index in [0.29, 0.717) is 5.75 Å². The zero-order valence-electron chi connectivity index (χ0n) is 15.3. The first-order valence-electron chi connectivity index (χ1n) is 8.93. The van der Waals surface area contributed by atoms with Crippen LogP contribution in [0.15, 0.2) is 66.7 Å². The van der Waals surface area contributed by atoms with Gasteiger partial charge in [0.1, 0.15) is 24.5 Å². The molecule has 0 aromatic heterocycles. The number of amides is 1. The van der Waals surface area contributed by atoms with Crippen molar-refractivity contribution in [1.82, 2.24) is 5.32 Å². The molecule has 3 aromatic carbocycles. The largest absolute Gasteiger partial charge is 0.490 e. The van der Waals surface area contributed by atoms with Gasteiger partial charge in [0.15, 0.2) is 0 Å². The van der Waals surface area contributed by atoms with Crippen molar-refractivity contribution in [2.45, 2.75) is 19.1 Å². The van der Waals surface area contributed by atoms with E-state index in [0.717, 1.165) is 21.9 Å². The second kappa shape index (κ2) is 8.66. The Hall–Kier alpha value is -2.89. The number of fused-ring (bicyclic) bond motifs is 1. The van der Waals surface area contributed by atoms with Crippen molar-refractivity contribution in [3.05, 3.63) is 77.9 Å². The van der Waals surface area contributed by atoms with E-state index in [1.807, 2.05) is 73.7 Å². The third kappa shape index (κ3) is 4.84. The molecule has 5 heteroatoms. The van der Waals surface area contributed by atoms with Crippen LogP contribution in [0.4, 0.5) is 0 Å². The molecule has 0 saturated carbocycles. The molecule has 0 saturated heterocycles. The molecule has 1 amide bonds. The van der Waals surface area contributed by atoms with Gasteiger partial charge in [-0.1, -0.05) is 66.2 Å². The molecule has 0 fully saturated rings. The lowest BCUT2D eigenvalue weighted by atomic mass is 10.1. The summed E-state index contributed by atoms with van der Waals surface area (Å²) in [5.41, 5.74) is 7.82. The van der Waals surface area contributed by atoms with Crippen molar-refractivity contribution in [3.63, 3.8) is 0 Å². The van der Waals surface area contributed by atoms with Crippen LogP contribution in [0.2, 0.25) is 0 Å². The molecule has 0 spiro atoms. The number of ether oxygens (including phenoxy) is 1. The van der Waals surface area contributed by atoms with Gasteiger partial charge >= 0.3 is 0 Å². The molecular weight excluding hydrogens is 340 g/mol. The Morgan fingerprint density at radius 3 is 2.56 bits per heavy atom. The van der Waals surface area contributed by atoms with Crippen molar-refractivity contribution in [2.24, 2.45) is 5.73 Å². The summed E-state index contributed by atoms with van der Waals surface area (Å²) in [5.74, 6) is 0.373. The number of carbonyl (C=O) groups excluding carboxylic acids is 1. The average Bonchev–Trinajstić information content (AvgIpc) is 2.70. The van der Waals surface area contributed by atoms with Gasteiger partial charge in [0.25, 0.3) is 0 Å². The number of hydrogen-bond acceptors (Lipinski definition) is 4. The number of rotatable bonds is 7. The van der Waals surface area contributed by atoms with E-state index in [1.54, 1.807) is 0 Å². The molecule has 0 aliphatic rings. The summed E-state index contributed by atoms with van der Waals surface area (Å²) in [7, 11) is 0. The molecule has 27 heavy (non-hydrogen) atoms. The van der Waals surface area contributed by atoms with Crippen LogP contribution in [-0.2, 0) is 4.79 Å². The lowest BCUT2D eigenvalue weighted by Gasteiger charge is -2.17. The van der Waals surface area contributed by atoms with E-state index >= 15 is 0 Å². The zero-order chi connectivity index (χ0) is 19.2. The standard InChI is InChI=1S/C22H24N2O3/c1-15-9-11-17(12-10-15)21(23)22(26)24-13-18(25)14-27-20-8-4-6-16-5-2-3-7-19(16)20/h2-12,18,21,25H,13-14,23H2,1H3,(H,24,26). The number of nitrogens with two attached hydrogens (primary N) is 1. The van der Waals surface area contributed by atoms with Gasteiger partial charge in [-0.2, -0.15) is 0 Å². The van der Waals surface area contributed by atoms with Gasteiger partial charge in [0, 0.05) is 11.9 Å². The third-order valence-electron chi connectivity index (χ3n) is 4.41. The minimum Gasteiger partial charge on any atom is -0.490 e. The highest BCUT2D eigenvalue weighted by molar-refractivity contribution is 5.88. The number of nitrogens with one attached hydrogen (secondary N) is 1. The summed E-state index contributed by atoms with van der Waals surface area (Å²) < 4.78 is 5.74. The maximum Gasteiger partial charge on any atom is 0.241 e. The summed E-state index contributed by atoms with van der Waals surface area (Å²) in [4.78, 5) is 12.2. The molecule has 3 rings (SSSR count). The van der Waals surface area contributed by atoms with Crippen molar-refractivity contribution >= 4 is 16.7 Å². The Morgan fingerprint density at radius 2 is 1.78 bits per heavy atom. The topological polar surface area (TPSA) is 84.6 Å². The number of benzene rings is 3. The molecule has 140 valence electrons. The number of aryl methyl sites for hydroxylation is 1. The highest BCUT2D eigenvalue weighted by Crippen LogP contribution is 2.25. The highest BCUT2D eigenvalue weighted by Gasteiger charge is 2.17. The maximum atomic E-state index is 12.2. The van der Waals surface area contributed by atoms with Crippen LogP contribution >= 0.6 is 0 Å². The van der Waals surface area contributed by atoms with Gasteiger partial charge in [-0.15, -0.1) is 0 Å². The van der Waals surface area contributed by atoms with Crippen LogP contribution in [0.3, 0.4) is 0 Å². The molecule has 0 heterocycles. The quantitative estimate of drug-likeness (QED) is 0.602. The molecule has 0 radical (unpaired) electrons. The average molecular weight is 364 g/mol. The lowest BCUT2D eigenvalue weighted by Crippen LogP contribution is -2.40. The first-order valence-corrected chi connectivity index (χ1v) is 8.93. The minimum absolute atomic E-state index is 0.0726. The summed E-state index contributed by atoms with van der Waals surface area (Å²) in [6.45, 7) is 2.12. The molecule has 3 aromatic rings. The van der Waals surface area contributed by atoms with Crippen LogP contribution in [0.5, 0.6) is 5.75 Å². The summed E-state index contributed by atoms with van der Waals surface area (Å²) in [6, 6.07) is 20.4. The molecular formula is C22H24N2O3. The Bertz CT molecular complexity index is 904. The van der Waals surface area contributed by atoms with Crippen molar-refractivity contribution in [1.29, 1.82) is 0 Å². The first-order chi connectivity index (χ1) is 13.0. The molecule has 0 aliphatic heterocycles. The van der Waals surface area contributed by atoms with Gasteiger partial charge < -0.3 is 20.9 Å². The van der Waals surface area contributed by atoms with Gasteiger partial charge in [0.05, 0.1) is 0 Å². The minimum atomic E-state index is -0.835. The Balaban J connectivity index is 1.51. The zero-order valence-corrected chi connectivity index (χ0v) is 15.3. The lowest BCUT2D eigenvalue weighted by molar-refractivity contribution is -0.123. The Morgan fingerprint density at radius 1 is 1.07 bits per heavy atom. The van der Waals surface area contributed by atoms with Gasteiger partial charge in [-0.05, 0) is 23.9 Å². The molecule has 5 nitrogen and oxygen atoms in total. The number of hydrogen-bond donors (Lipinski definition) is 3. The molecule has 0 bridgehead atoms. The summed E-state index contributed by atoms with van der Waals surface area (Å²) in [5, 5.41) is 14.9. The van der Waals surface area contributed by atoms with Crippen LogP contribution in [0, 0.1) is 6.92 Å². The monoisotopic (exact) mass is 364 g/mol. The fourth-order valence-electron chi connectivity index (χ4n) is 2.82. The van der Waals surface area contributed by atoms with Crippen molar-refractivity contribution in [3.8, 4) is 5.75 Å². The van der Waals surface area contributed by atoms with E-state index in [1.165, 1.54) is 0 Å². The summed E-state index contributed by atoms with van der Waals surface area (Å²) in [6.07, 6.45) is -0.835. The smallest absolute Gasteiger partial charge is 0.241 e. The second-order valence-electron chi connectivity index (χ2n) is 6.58. The predicted molar refractivity (Wildman–Crippen MR) is 107 cm³/mol. The summed E-state index contributed by atoms with van der Waals surface area (Å²) >= 11 is 0. The van der Waals surface area contributed by atoms with E-state index in [4.69, 9.17) is 10.5 Å². The second-order valence-corrected chi connectivity index (χ2v) is 6.58. The highest BCUT2D eigenvalue weighted by atomic mass is 16.5. The van der Waals surface area contributed by atoms with Crippen LogP contribution in [0.1, 0.15) is 17.2 Å². The maximum absolute atomic E-state index is 12.2. The van der Waals surface area contributed by atoms with E-state index in [-0.39, 0.29) is 19.1 Å². The van der Waals surface area contributed by atoms with Crippen LogP contribution in [0.25, 0.3) is 10.8 Å². The van der Waals surface area contributed by atoms with Crippen LogP contribution < -0.4 is 15.8 Å². The number of carbonyl (C=O) groups is 1. The molecule has 4 N–H and O–H groups in total. The van der Waals surface area contributed by atoms with E-state index in [9.17, 15) is 9.90 Å². The third-order valence-corrected chi connectivity index (χ3v) is 4.41. The number of aliphatic hydroxyl groups excluding tert-OH is 1. The normalized spacial score (nSPS) is 13.1. The SMILES string of the molecule is Cc1ccc(C(N)C(=O)NCC(O)COc2cccc3ccccc23)cc1. The number of aliphatic hydroxyl groups is 1. The van der Waals surface area contributed by atoms with Gasteiger partial charge in [-0.25, -0.2) is 0 Å². The van der Waals surface area contributed by atoms with Gasteiger partial charge in [0.2, 0.25) is 5.91 Å². The van der Waals surface area contributed by atoms with Gasteiger partial charge in [-0.3, -0.25) is 4.79 Å². The van der Waals surface area contributed by atoms with E-state index in [2.05, 4.69) is 5.32 Å². The fraction of sp³-hybridized carbons (Fsp3) is 0.227. The van der Waals surface area contributed by atoms with Crippen molar-refractivity contribution < 1.29 is 14.6 Å². The Labute approximate surface area is 158 Å². The Kier molecular flexibility index (Phi) is 6.06. The van der Waals surface area contributed by atoms with Crippen molar-refractivity contribution in [2.75, 3.05) is 13.2 Å². The fourth-order valence-corrected chi connectivity index (χ4v) is 2.82. The first kappa shape index (κ1) is 18.9.